The molecule has 0 spiro atoms. The quantitative estimate of drug-likeness (QED) is 0.760. The number of nitrogens with one attached hydrogen (secondary N) is 1. The number of anilines is 1. The molecule has 0 bridgehead atoms. The summed E-state index contributed by atoms with van der Waals surface area (Å²) in [6.45, 7) is 0.990. The number of carbonyl (C=O) groups is 1. The molecule has 1 aliphatic rings. The third-order valence-electron chi connectivity index (χ3n) is 4.36. The first kappa shape index (κ1) is 19.6. The van der Waals surface area contributed by atoms with Crippen molar-refractivity contribution in [2.45, 2.75) is 24.2 Å². The summed E-state index contributed by atoms with van der Waals surface area (Å²) in [7, 11) is -3.67. The van der Waals surface area contributed by atoms with E-state index in [2.05, 4.69) is 5.32 Å². The highest BCUT2D eigenvalue weighted by molar-refractivity contribution is 7.89. The fourth-order valence-electron chi connectivity index (χ4n) is 2.94. The minimum absolute atomic E-state index is 0.0240. The first-order chi connectivity index (χ1) is 13.0. The summed E-state index contributed by atoms with van der Waals surface area (Å²) in [5.74, 6) is -0.345. The van der Waals surface area contributed by atoms with Crippen molar-refractivity contribution in [2.75, 3.05) is 18.4 Å². The lowest BCUT2D eigenvalue weighted by Gasteiger charge is -2.26. The summed E-state index contributed by atoms with van der Waals surface area (Å²) in [5, 5.41) is 2.84. The van der Waals surface area contributed by atoms with Crippen LogP contribution in [-0.2, 0) is 14.8 Å². The zero-order valence-corrected chi connectivity index (χ0v) is 16.3. The molecule has 0 radical (unpaired) electrons. The molecule has 0 unspecified atom stereocenters. The summed E-state index contributed by atoms with van der Waals surface area (Å²) in [6.07, 6.45) is 5.82. The molecule has 0 atom stereocenters. The van der Waals surface area contributed by atoms with E-state index in [9.17, 15) is 13.2 Å². The summed E-state index contributed by atoms with van der Waals surface area (Å²) in [5.41, 5.74) is 1.29. The van der Waals surface area contributed by atoms with Gasteiger partial charge in [-0.2, -0.15) is 4.31 Å². The number of carbonyl (C=O) groups excluding carboxylic acids is 1. The Kier molecular flexibility index (Phi) is 6.31. The van der Waals surface area contributed by atoms with Gasteiger partial charge in [0.15, 0.2) is 0 Å². The highest BCUT2D eigenvalue weighted by Gasteiger charge is 2.28. The van der Waals surface area contributed by atoms with E-state index >= 15 is 0 Å². The molecule has 3 rings (SSSR count). The van der Waals surface area contributed by atoms with E-state index < -0.39 is 10.0 Å². The van der Waals surface area contributed by atoms with E-state index in [1.165, 1.54) is 22.5 Å². The molecular weight excluding hydrogens is 384 g/mol. The van der Waals surface area contributed by atoms with Crippen LogP contribution in [-0.4, -0.2) is 31.7 Å². The second kappa shape index (κ2) is 8.69. The molecule has 1 fully saturated rings. The maximum atomic E-state index is 12.9. The molecule has 142 valence electrons. The van der Waals surface area contributed by atoms with Crippen LogP contribution in [0.3, 0.4) is 0 Å². The van der Waals surface area contributed by atoms with E-state index in [4.69, 9.17) is 11.6 Å². The number of benzene rings is 2. The van der Waals surface area contributed by atoms with Gasteiger partial charge >= 0.3 is 0 Å². The highest BCUT2D eigenvalue weighted by Crippen LogP contribution is 2.29. The van der Waals surface area contributed by atoms with Crippen molar-refractivity contribution in [2.24, 2.45) is 0 Å². The summed E-state index contributed by atoms with van der Waals surface area (Å²) in [6, 6.07) is 13.9. The summed E-state index contributed by atoms with van der Waals surface area (Å²) < 4.78 is 27.2. The van der Waals surface area contributed by atoms with Gasteiger partial charge in [-0.25, -0.2) is 8.42 Å². The van der Waals surface area contributed by atoms with Gasteiger partial charge < -0.3 is 5.32 Å². The van der Waals surface area contributed by atoms with Crippen LogP contribution in [0.4, 0.5) is 5.69 Å². The molecule has 1 aliphatic heterocycles. The molecule has 1 saturated heterocycles. The lowest BCUT2D eigenvalue weighted by molar-refractivity contribution is -0.111. The van der Waals surface area contributed by atoms with E-state index in [1.807, 2.05) is 30.3 Å². The Morgan fingerprint density at radius 1 is 1.04 bits per heavy atom. The number of piperidine rings is 1. The number of sulfonamides is 1. The van der Waals surface area contributed by atoms with Crippen molar-refractivity contribution in [1.82, 2.24) is 4.31 Å². The molecule has 0 aliphatic carbocycles. The molecule has 1 N–H and O–H groups in total. The van der Waals surface area contributed by atoms with Crippen molar-refractivity contribution in [3.63, 3.8) is 0 Å². The Balaban J connectivity index is 1.77. The average Bonchev–Trinajstić information content (AvgIpc) is 2.69. The molecule has 0 saturated carbocycles. The van der Waals surface area contributed by atoms with Crippen LogP contribution in [0.1, 0.15) is 24.8 Å². The van der Waals surface area contributed by atoms with E-state index in [1.54, 1.807) is 12.1 Å². The Bertz CT molecular complexity index is 937. The van der Waals surface area contributed by atoms with Crippen LogP contribution in [0.2, 0.25) is 5.02 Å². The second-order valence-corrected chi connectivity index (χ2v) is 8.66. The number of nitrogens with zero attached hydrogens (tertiary/aromatic N) is 1. The third-order valence-corrected chi connectivity index (χ3v) is 6.74. The van der Waals surface area contributed by atoms with Crippen LogP contribution >= 0.6 is 11.6 Å². The number of rotatable bonds is 5. The van der Waals surface area contributed by atoms with Crippen molar-refractivity contribution in [3.8, 4) is 0 Å². The molecule has 1 heterocycles. The van der Waals surface area contributed by atoms with Gasteiger partial charge in [0.05, 0.1) is 5.02 Å². The Morgan fingerprint density at radius 2 is 1.74 bits per heavy atom. The van der Waals surface area contributed by atoms with Crippen LogP contribution in [0.5, 0.6) is 0 Å². The van der Waals surface area contributed by atoms with Gasteiger partial charge in [0.2, 0.25) is 15.9 Å². The smallest absolute Gasteiger partial charge is 0.248 e. The summed E-state index contributed by atoms with van der Waals surface area (Å²) in [4.78, 5) is 12.2. The zero-order chi connectivity index (χ0) is 19.3. The van der Waals surface area contributed by atoms with Crippen molar-refractivity contribution >= 4 is 39.3 Å². The lowest BCUT2D eigenvalue weighted by Crippen LogP contribution is -2.35. The predicted octanol–water partition coefficient (Wildman–Crippen LogP) is 4.17. The van der Waals surface area contributed by atoms with Gasteiger partial charge in [0.25, 0.3) is 0 Å². The van der Waals surface area contributed by atoms with E-state index in [0.717, 1.165) is 24.8 Å². The average molecular weight is 405 g/mol. The topological polar surface area (TPSA) is 66.5 Å². The Morgan fingerprint density at radius 3 is 2.44 bits per heavy atom. The van der Waals surface area contributed by atoms with Gasteiger partial charge in [-0.15, -0.1) is 0 Å². The van der Waals surface area contributed by atoms with E-state index in [-0.39, 0.29) is 15.8 Å². The van der Waals surface area contributed by atoms with Crippen LogP contribution in [0, 0.1) is 0 Å². The third kappa shape index (κ3) is 4.97. The minimum atomic E-state index is -3.67. The van der Waals surface area contributed by atoms with Crippen molar-refractivity contribution in [1.29, 1.82) is 0 Å². The Hall–Kier alpha value is -2.15. The first-order valence-corrected chi connectivity index (χ1v) is 10.6. The standard InChI is InChI=1S/C20H21ClN2O3S/c21-18-11-10-17(22-20(24)12-9-16-7-3-1-4-8-16)15-19(18)27(25,26)23-13-5-2-6-14-23/h1,3-4,7-12,15H,2,5-6,13-14H2,(H,22,24)/b12-9+. The van der Waals surface area contributed by atoms with Gasteiger partial charge in [0, 0.05) is 24.9 Å². The molecule has 27 heavy (non-hydrogen) atoms. The molecule has 7 heteroatoms. The van der Waals surface area contributed by atoms with Gasteiger partial charge in [-0.1, -0.05) is 48.4 Å². The van der Waals surface area contributed by atoms with Crippen LogP contribution in [0.25, 0.3) is 6.08 Å². The second-order valence-electron chi connectivity index (χ2n) is 6.34. The molecule has 2 aromatic rings. The van der Waals surface area contributed by atoms with Crippen molar-refractivity contribution < 1.29 is 13.2 Å². The SMILES string of the molecule is O=C(/C=C/c1ccccc1)Nc1ccc(Cl)c(S(=O)(=O)N2CCCCC2)c1. The van der Waals surface area contributed by atoms with Gasteiger partial charge in [-0.05, 0) is 42.7 Å². The fourth-order valence-corrected chi connectivity index (χ4v) is 4.96. The lowest BCUT2D eigenvalue weighted by atomic mass is 10.2. The van der Waals surface area contributed by atoms with Crippen LogP contribution in [0.15, 0.2) is 59.5 Å². The Labute approximate surface area is 164 Å². The highest BCUT2D eigenvalue weighted by atomic mass is 35.5. The molecule has 2 aromatic carbocycles. The predicted molar refractivity (Wildman–Crippen MR) is 108 cm³/mol. The minimum Gasteiger partial charge on any atom is -0.322 e. The van der Waals surface area contributed by atoms with Crippen molar-refractivity contribution in [3.05, 3.63) is 65.2 Å². The number of halogens is 1. The number of hydrogen-bond donors (Lipinski definition) is 1. The monoisotopic (exact) mass is 404 g/mol. The van der Waals surface area contributed by atoms with Gasteiger partial charge in [-0.3, -0.25) is 4.79 Å². The normalized spacial score (nSPS) is 15.7. The zero-order valence-electron chi connectivity index (χ0n) is 14.8. The fraction of sp³-hybridized carbons (Fsp3) is 0.250. The summed E-state index contributed by atoms with van der Waals surface area (Å²) >= 11 is 6.15. The molecule has 5 nitrogen and oxygen atoms in total. The maximum Gasteiger partial charge on any atom is 0.248 e. The van der Waals surface area contributed by atoms with Crippen LogP contribution < -0.4 is 5.32 Å². The van der Waals surface area contributed by atoms with E-state index in [0.29, 0.717) is 18.8 Å². The molecule has 0 aromatic heterocycles. The maximum absolute atomic E-state index is 12.9. The largest absolute Gasteiger partial charge is 0.322 e. The number of hydrogen-bond acceptors (Lipinski definition) is 3. The first-order valence-electron chi connectivity index (χ1n) is 8.80. The molecular formula is C20H21ClN2O3S. The molecule has 1 amide bonds. The van der Waals surface area contributed by atoms with Gasteiger partial charge in [0.1, 0.15) is 4.90 Å². The number of amides is 1.